The van der Waals surface area contributed by atoms with Crippen LogP contribution in [0.1, 0.15) is 57.8 Å². The zero-order valence-electron chi connectivity index (χ0n) is 14.2. The summed E-state index contributed by atoms with van der Waals surface area (Å²) in [6.07, 6.45) is 10.1. The summed E-state index contributed by atoms with van der Waals surface area (Å²) in [6, 6.07) is 0. The first-order chi connectivity index (χ1) is 11.7. The molecule has 24 heavy (non-hydrogen) atoms. The van der Waals surface area contributed by atoms with E-state index < -0.39 is 0 Å². The van der Waals surface area contributed by atoms with Crippen molar-refractivity contribution in [1.82, 2.24) is 0 Å². The van der Waals surface area contributed by atoms with Crippen molar-refractivity contribution in [2.24, 2.45) is 17.3 Å². The normalized spacial score (nSPS) is 37.8. The number of ketones is 1. The van der Waals surface area contributed by atoms with Crippen LogP contribution in [0, 0.1) is 29.1 Å². The lowest BCUT2D eigenvalue weighted by Crippen LogP contribution is -2.44. The Morgan fingerprint density at radius 2 is 2.00 bits per heavy atom. The smallest absolute Gasteiger partial charge is 0.156 e. The van der Waals surface area contributed by atoms with E-state index in [1.54, 1.807) is 5.57 Å². The molecule has 3 heteroatoms. The third-order valence-corrected chi connectivity index (χ3v) is 7.02. The topological polar surface area (TPSA) is 57.5 Å². The summed E-state index contributed by atoms with van der Waals surface area (Å²) < 4.78 is 0. The Kier molecular flexibility index (Phi) is 4.14. The lowest BCUT2D eigenvalue weighted by molar-refractivity contribution is -0.114. The molecule has 4 aliphatic rings. The average molecular weight is 326 g/mol. The molecule has 0 unspecified atom stereocenters. The number of aliphatic hydroxyl groups is 2. The van der Waals surface area contributed by atoms with Gasteiger partial charge in [0.2, 0.25) is 0 Å². The lowest BCUT2D eigenvalue weighted by atomic mass is 9.56. The Bertz CT molecular complexity index is 675. The second-order valence-electron chi connectivity index (χ2n) is 7.91. The van der Waals surface area contributed by atoms with E-state index >= 15 is 0 Å². The highest BCUT2D eigenvalue weighted by Crippen LogP contribution is 2.61. The zero-order chi connectivity index (χ0) is 16.7. The predicted molar refractivity (Wildman–Crippen MR) is 92.0 cm³/mol. The fourth-order valence-corrected chi connectivity index (χ4v) is 5.94. The van der Waals surface area contributed by atoms with E-state index in [4.69, 9.17) is 5.11 Å². The molecule has 0 saturated heterocycles. The molecular weight excluding hydrogens is 300 g/mol. The van der Waals surface area contributed by atoms with E-state index in [0.29, 0.717) is 24.7 Å². The molecular formula is C21H26O3. The standard InChI is InChI=1S/C21H26O3/c22-12-2-1-10-21-11-9-17-16-6-4-15(23)13-14(16)3-5-18(17)19(21)7-8-20(21)24/h13,18-20,22,24H,3-12H2/t18-,19+,20+,21+/m1/s1. The maximum Gasteiger partial charge on any atom is 0.156 e. The highest BCUT2D eigenvalue weighted by Gasteiger charge is 2.55. The Hall–Kier alpha value is -1.37. The summed E-state index contributed by atoms with van der Waals surface area (Å²) in [4.78, 5) is 11.7. The minimum atomic E-state index is -0.257. The predicted octanol–water partition coefficient (Wildman–Crippen LogP) is 2.92. The maximum atomic E-state index is 11.7. The van der Waals surface area contributed by atoms with Gasteiger partial charge in [-0.05, 0) is 74.0 Å². The van der Waals surface area contributed by atoms with Crippen LogP contribution in [0.2, 0.25) is 0 Å². The summed E-state index contributed by atoms with van der Waals surface area (Å²) in [5, 5.41) is 19.7. The molecule has 2 N–H and O–H groups in total. The van der Waals surface area contributed by atoms with Gasteiger partial charge in [0.1, 0.15) is 6.61 Å². The van der Waals surface area contributed by atoms with E-state index in [0.717, 1.165) is 44.9 Å². The van der Waals surface area contributed by atoms with Crippen molar-refractivity contribution in [1.29, 1.82) is 0 Å². The maximum absolute atomic E-state index is 11.7. The Balaban J connectivity index is 1.68. The van der Waals surface area contributed by atoms with Crippen LogP contribution < -0.4 is 0 Å². The molecule has 3 nitrogen and oxygen atoms in total. The molecule has 0 aromatic carbocycles. The van der Waals surface area contributed by atoms with Gasteiger partial charge in [-0.25, -0.2) is 0 Å². The number of fused-ring (bicyclic) bond motifs is 4. The Morgan fingerprint density at radius 1 is 1.12 bits per heavy atom. The van der Waals surface area contributed by atoms with Crippen LogP contribution in [0.25, 0.3) is 0 Å². The van der Waals surface area contributed by atoms with E-state index in [9.17, 15) is 9.90 Å². The molecule has 4 rings (SSSR count). The molecule has 2 fully saturated rings. The minimum absolute atomic E-state index is 0.0808. The monoisotopic (exact) mass is 326 g/mol. The number of rotatable bonds is 1. The summed E-state index contributed by atoms with van der Waals surface area (Å²) in [5.74, 6) is 7.26. The molecule has 0 aromatic heterocycles. The Morgan fingerprint density at radius 3 is 2.83 bits per heavy atom. The second-order valence-corrected chi connectivity index (χ2v) is 7.91. The van der Waals surface area contributed by atoms with Gasteiger partial charge in [-0.15, -0.1) is 5.92 Å². The number of allylic oxidation sites excluding steroid dienone is 4. The average Bonchev–Trinajstić information content (AvgIpc) is 2.92. The van der Waals surface area contributed by atoms with Gasteiger partial charge in [0.25, 0.3) is 0 Å². The van der Waals surface area contributed by atoms with Gasteiger partial charge < -0.3 is 10.2 Å². The highest BCUT2D eigenvalue weighted by atomic mass is 16.3. The van der Waals surface area contributed by atoms with Crippen molar-refractivity contribution >= 4 is 5.78 Å². The SMILES string of the molecule is O=C1C=C2CC[C@@H]3C(=C2CC1)CC[C@]1(CC#CCO)[C@@H](O)CC[C@@H]31. The van der Waals surface area contributed by atoms with Gasteiger partial charge in [-0.1, -0.05) is 11.5 Å². The number of hydrogen-bond donors (Lipinski definition) is 2. The lowest BCUT2D eigenvalue weighted by Gasteiger charge is -2.49. The van der Waals surface area contributed by atoms with E-state index in [1.165, 1.54) is 11.1 Å². The first-order valence-corrected chi connectivity index (χ1v) is 9.36. The van der Waals surface area contributed by atoms with Crippen molar-refractivity contribution in [2.75, 3.05) is 6.61 Å². The molecule has 0 spiro atoms. The minimum Gasteiger partial charge on any atom is -0.393 e. The fourth-order valence-electron chi connectivity index (χ4n) is 5.94. The van der Waals surface area contributed by atoms with Crippen LogP contribution in [-0.2, 0) is 4.79 Å². The Labute approximate surface area is 143 Å². The van der Waals surface area contributed by atoms with Gasteiger partial charge in [-0.3, -0.25) is 4.79 Å². The van der Waals surface area contributed by atoms with Crippen molar-refractivity contribution in [2.45, 2.75) is 63.9 Å². The van der Waals surface area contributed by atoms with Crippen molar-refractivity contribution in [3.8, 4) is 11.8 Å². The number of hydrogen-bond acceptors (Lipinski definition) is 3. The third-order valence-electron chi connectivity index (χ3n) is 7.02. The third kappa shape index (κ3) is 2.39. The largest absolute Gasteiger partial charge is 0.393 e. The van der Waals surface area contributed by atoms with E-state index in [2.05, 4.69) is 11.8 Å². The van der Waals surface area contributed by atoms with Crippen LogP contribution in [-0.4, -0.2) is 28.7 Å². The molecule has 4 atom stereocenters. The number of carbonyl (C=O) groups is 1. The molecule has 0 aliphatic heterocycles. The van der Waals surface area contributed by atoms with Gasteiger partial charge in [-0.2, -0.15) is 0 Å². The summed E-state index contributed by atoms with van der Waals surface area (Å²) in [5.41, 5.74) is 4.28. The van der Waals surface area contributed by atoms with Crippen LogP contribution in [0.5, 0.6) is 0 Å². The van der Waals surface area contributed by atoms with Crippen LogP contribution in [0.15, 0.2) is 22.8 Å². The van der Waals surface area contributed by atoms with E-state index in [1.807, 2.05) is 6.08 Å². The highest BCUT2D eigenvalue weighted by molar-refractivity contribution is 5.93. The van der Waals surface area contributed by atoms with Gasteiger partial charge in [0.05, 0.1) is 6.10 Å². The molecule has 128 valence electrons. The van der Waals surface area contributed by atoms with E-state index in [-0.39, 0.29) is 23.9 Å². The number of aliphatic hydroxyl groups excluding tert-OH is 2. The fraction of sp³-hybridized carbons (Fsp3) is 0.667. The summed E-state index contributed by atoms with van der Waals surface area (Å²) in [6.45, 7) is -0.0994. The van der Waals surface area contributed by atoms with Crippen molar-refractivity contribution < 1.29 is 15.0 Å². The zero-order valence-corrected chi connectivity index (χ0v) is 14.2. The van der Waals surface area contributed by atoms with Crippen LogP contribution >= 0.6 is 0 Å². The molecule has 0 amide bonds. The molecule has 0 radical (unpaired) electrons. The number of carbonyl (C=O) groups excluding carboxylic acids is 1. The second kappa shape index (κ2) is 6.17. The molecule has 4 aliphatic carbocycles. The summed E-state index contributed by atoms with van der Waals surface area (Å²) in [7, 11) is 0. The van der Waals surface area contributed by atoms with Crippen molar-refractivity contribution in [3.63, 3.8) is 0 Å². The van der Waals surface area contributed by atoms with Crippen LogP contribution in [0.4, 0.5) is 0 Å². The van der Waals surface area contributed by atoms with Crippen molar-refractivity contribution in [3.05, 3.63) is 22.8 Å². The molecule has 2 saturated carbocycles. The molecule has 0 aromatic rings. The van der Waals surface area contributed by atoms with Crippen LogP contribution in [0.3, 0.4) is 0 Å². The first-order valence-electron chi connectivity index (χ1n) is 9.36. The van der Waals surface area contributed by atoms with Gasteiger partial charge >= 0.3 is 0 Å². The summed E-state index contributed by atoms with van der Waals surface area (Å²) >= 11 is 0. The van der Waals surface area contributed by atoms with Gasteiger partial charge in [0.15, 0.2) is 5.78 Å². The molecule has 0 heterocycles. The first kappa shape index (κ1) is 16.1. The van der Waals surface area contributed by atoms with Gasteiger partial charge in [0, 0.05) is 18.3 Å². The molecule has 0 bridgehead atoms. The quantitative estimate of drug-likeness (QED) is 0.729.